The second kappa shape index (κ2) is 8.81. The van der Waals surface area contributed by atoms with E-state index in [2.05, 4.69) is 25.1 Å². The lowest BCUT2D eigenvalue weighted by atomic mass is 10.2. The first kappa shape index (κ1) is 19.6. The third-order valence-corrected chi connectivity index (χ3v) is 6.39. The SMILES string of the molecule is O=C(Cc1csc(-c2ccccc2)n1)Nc1ccc(-c2nnc3n2CCCCC3)cc1. The average Bonchev–Trinajstić information content (AvgIpc) is 3.35. The van der Waals surface area contributed by atoms with Gasteiger partial charge in [-0.1, -0.05) is 36.8 Å². The molecular weight excluding hydrogens is 406 g/mol. The fourth-order valence-corrected chi connectivity index (χ4v) is 4.70. The van der Waals surface area contributed by atoms with Gasteiger partial charge in [-0.3, -0.25) is 4.79 Å². The second-order valence-electron chi connectivity index (χ2n) is 7.71. The van der Waals surface area contributed by atoms with Crippen LogP contribution in [0.15, 0.2) is 60.0 Å². The van der Waals surface area contributed by atoms with Crippen LogP contribution in [0.4, 0.5) is 5.69 Å². The van der Waals surface area contributed by atoms with E-state index < -0.39 is 0 Å². The number of carbonyl (C=O) groups is 1. The van der Waals surface area contributed by atoms with Gasteiger partial charge in [-0.05, 0) is 37.1 Å². The van der Waals surface area contributed by atoms with Crippen LogP contribution >= 0.6 is 11.3 Å². The van der Waals surface area contributed by atoms with E-state index in [0.717, 1.165) is 58.6 Å². The zero-order valence-corrected chi connectivity index (χ0v) is 17.9. The summed E-state index contributed by atoms with van der Waals surface area (Å²) in [6.45, 7) is 0.967. The van der Waals surface area contributed by atoms with E-state index in [0.29, 0.717) is 0 Å². The highest BCUT2D eigenvalue weighted by Crippen LogP contribution is 2.25. The van der Waals surface area contributed by atoms with Crippen LogP contribution in [0.1, 0.15) is 30.8 Å². The van der Waals surface area contributed by atoms with Crippen LogP contribution in [-0.2, 0) is 24.2 Å². The molecular formula is C24H23N5OS. The molecule has 0 aliphatic carbocycles. The van der Waals surface area contributed by atoms with Gasteiger partial charge in [-0.15, -0.1) is 21.5 Å². The Morgan fingerprint density at radius 3 is 2.65 bits per heavy atom. The molecule has 0 unspecified atom stereocenters. The third kappa shape index (κ3) is 4.41. The molecule has 0 fully saturated rings. The van der Waals surface area contributed by atoms with E-state index >= 15 is 0 Å². The highest BCUT2D eigenvalue weighted by Gasteiger charge is 2.16. The molecule has 0 saturated carbocycles. The van der Waals surface area contributed by atoms with Crippen molar-refractivity contribution in [3.8, 4) is 22.0 Å². The Balaban J connectivity index is 1.24. The summed E-state index contributed by atoms with van der Waals surface area (Å²) in [6, 6.07) is 17.8. The maximum atomic E-state index is 12.5. The number of aromatic nitrogens is 4. The Morgan fingerprint density at radius 1 is 0.968 bits per heavy atom. The number of hydrogen-bond donors (Lipinski definition) is 1. The third-order valence-electron chi connectivity index (χ3n) is 5.45. The van der Waals surface area contributed by atoms with Crippen LogP contribution < -0.4 is 5.32 Å². The monoisotopic (exact) mass is 429 g/mol. The lowest BCUT2D eigenvalue weighted by Crippen LogP contribution is -2.14. The number of fused-ring (bicyclic) bond motifs is 1. The Hall–Kier alpha value is -3.32. The molecule has 6 nitrogen and oxygen atoms in total. The van der Waals surface area contributed by atoms with Gasteiger partial charge in [-0.2, -0.15) is 0 Å². The highest BCUT2D eigenvalue weighted by molar-refractivity contribution is 7.13. The normalized spacial score (nSPS) is 13.4. The summed E-state index contributed by atoms with van der Waals surface area (Å²) in [6.07, 6.45) is 4.82. The van der Waals surface area contributed by atoms with E-state index in [4.69, 9.17) is 0 Å². The molecule has 31 heavy (non-hydrogen) atoms. The van der Waals surface area contributed by atoms with E-state index in [1.165, 1.54) is 12.8 Å². The van der Waals surface area contributed by atoms with E-state index in [-0.39, 0.29) is 12.3 Å². The summed E-state index contributed by atoms with van der Waals surface area (Å²) in [4.78, 5) is 17.1. The highest BCUT2D eigenvalue weighted by atomic mass is 32.1. The number of aryl methyl sites for hydroxylation is 1. The standard InChI is InChI=1S/C24H23N5OS/c30-22(15-20-16-31-24(26-20)18-7-3-1-4-8-18)25-19-12-10-17(11-13-19)23-28-27-21-9-5-2-6-14-29(21)23/h1,3-4,7-8,10-13,16H,2,5-6,9,14-15H2,(H,25,30). The molecule has 1 N–H and O–H groups in total. The van der Waals surface area contributed by atoms with Crippen LogP contribution in [-0.4, -0.2) is 25.7 Å². The van der Waals surface area contributed by atoms with Crippen molar-refractivity contribution >= 4 is 22.9 Å². The van der Waals surface area contributed by atoms with Gasteiger partial charge >= 0.3 is 0 Å². The van der Waals surface area contributed by atoms with E-state index in [1.807, 2.05) is 60.0 Å². The molecule has 2 aromatic carbocycles. The fourth-order valence-electron chi connectivity index (χ4n) is 3.87. The van der Waals surface area contributed by atoms with E-state index in [1.54, 1.807) is 11.3 Å². The molecule has 1 aliphatic rings. The van der Waals surface area contributed by atoms with Crippen LogP contribution in [0.5, 0.6) is 0 Å². The Labute approximate surface area is 185 Å². The summed E-state index contributed by atoms with van der Waals surface area (Å²) in [5.74, 6) is 1.91. The molecule has 0 spiro atoms. The maximum Gasteiger partial charge on any atom is 0.230 e. The van der Waals surface area contributed by atoms with Gasteiger partial charge in [0.25, 0.3) is 0 Å². The van der Waals surface area contributed by atoms with Crippen LogP contribution in [0.25, 0.3) is 22.0 Å². The summed E-state index contributed by atoms with van der Waals surface area (Å²) in [5.41, 5.74) is 3.64. The molecule has 0 bridgehead atoms. The molecule has 2 aromatic heterocycles. The average molecular weight is 430 g/mol. The van der Waals surface area contributed by atoms with Crippen molar-refractivity contribution < 1.29 is 4.79 Å². The first-order chi connectivity index (χ1) is 15.3. The summed E-state index contributed by atoms with van der Waals surface area (Å²) >= 11 is 1.56. The van der Waals surface area contributed by atoms with Crippen LogP contribution in [0.2, 0.25) is 0 Å². The lowest BCUT2D eigenvalue weighted by molar-refractivity contribution is -0.115. The molecule has 156 valence electrons. The first-order valence-electron chi connectivity index (χ1n) is 10.6. The molecule has 7 heteroatoms. The Kier molecular flexibility index (Phi) is 5.58. The molecule has 0 saturated heterocycles. The number of benzene rings is 2. The Morgan fingerprint density at radius 2 is 1.81 bits per heavy atom. The number of amides is 1. The molecule has 0 radical (unpaired) electrons. The zero-order chi connectivity index (χ0) is 21.0. The second-order valence-corrected chi connectivity index (χ2v) is 8.57. The maximum absolute atomic E-state index is 12.5. The minimum Gasteiger partial charge on any atom is -0.326 e. The van der Waals surface area contributed by atoms with Crippen molar-refractivity contribution in [3.63, 3.8) is 0 Å². The number of rotatable bonds is 5. The number of thiazole rings is 1. The number of anilines is 1. The smallest absolute Gasteiger partial charge is 0.230 e. The Bertz CT molecular complexity index is 1180. The molecule has 1 aliphatic heterocycles. The molecule has 4 aromatic rings. The molecule has 0 atom stereocenters. The summed E-state index contributed by atoms with van der Waals surface area (Å²) in [7, 11) is 0. The van der Waals surface area contributed by atoms with Gasteiger partial charge in [0, 0.05) is 35.2 Å². The predicted molar refractivity (Wildman–Crippen MR) is 123 cm³/mol. The van der Waals surface area contributed by atoms with Gasteiger partial charge in [0.1, 0.15) is 10.8 Å². The first-order valence-corrected chi connectivity index (χ1v) is 11.5. The number of carbonyl (C=O) groups excluding carboxylic acids is 1. The molecule has 5 rings (SSSR count). The van der Waals surface area contributed by atoms with Crippen molar-refractivity contribution in [1.82, 2.24) is 19.7 Å². The van der Waals surface area contributed by atoms with Crippen molar-refractivity contribution in [2.75, 3.05) is 5.32 Å². The lowest BCUT2D eigenvalue weighted by Gasteiger charge is -2.08. The van der Waals surface area contributed by atoms with Crippen LogP contribution in [0, 0.1) is 0 Å². The van der Waals surface area contributed by atoms with Gasteiger partial charge in [0.15, 0.2) is 5.82 Å². The molecule has 1 amide bonds. The van der Waals surface area contributed by atoms with Crippen molar-refractivity contribution in [3.05, 3.63) is 71.5 Å². The van der Waals surface area contributed by atoms with Gasteiger partial charge in [0.05, 0.1) is 12.1 Å². The number of hydrogen-bond acceptors (Lipinski definition) is 5. The van der Waals surface area contributed by atoms with E-state index in [9.17, 15) is 4.79 Å². The van der Waals surface area contributed by atoms with Gasteiger partial charge < -0.3 is 9.88 Å². The zero-order valence-electron chi connectivity index (χ0n) is 17.1. The minimum atomic E-state index is -0.0750. The van der Waals surface area contributed by atoms with Crippen molar-refractivity contribution in [2.45, 2.75) is 38.6 Å². The largest absolute Gasteiger partial charge is 0.326 e. The number of nitrogens with zero attached hydrogens (tertiary/aromatic N) is 4. The summed E-state index contributed by atoms with van der Waals surface area (Å²) in [5, 5.41) is 14.6. The van der Waals surface area contributed by atoms with Crippen molar-refractivity contribution in [1.29, 1.82) is 0 Å². The number of nitrogens with one attached hydrogen (secondary N) is 1. The topological polar surface area (TPSA) is 72.7 Å². The predicted octanol–water partition coefficient (Wildman–Crippen LogP) is 4.98. The minimum absolute atomic E-state index is 0.0750. The fraction of sp³-hybridized carbons (Fsp3) is 0.250. The van der Waals surface area contributed by atoms with Crippen LogP contribution in [0.3, 0.4) is 0 Å². The summed E-state index contributed by atoms with van der Waals surface area (Å²) < 4.78 is 2.23. The van der Waals surface area contributed by atoms with Gasteiger partial charge in [0.2, 0.25) is 5.91 Å². The quantitative estimate of drug-likeness (QED) is 0.486. The van der Waals surface area contributed by atoms with Gasteiger partial charge in [-0.25, -0.2) is 4.98 Å². The van der Waals surface area contributed by atoms with Crippen molar-refractivity contribution in [2.24, 2.45) is 0 Å². The molecule has 3 heterocycles.